The summed E-state index contributed by atoms with van der Waals surface area (Å²) >= 11 is 1.44. The van der Waals surface area contributed by atoms with Crippen LogP contribution in [0.3, 0.4) is 0 Å². The van der Waals surface area contributed by atoms with Crippen LogP contribution in [0.5, 0.6) is 0 Å². The van der Waals surface area contributed by atoms with Crippen molar-refractivity contribution in [2.45, 2.75) is 6.92 Å². The standard InChI is InChI=1S/C22H24N8O4S2.2H2/c1-14-18(7-16(9-23-14)26-20(31)13-29-3-5-36(33,34)6-4-29)27-21(32)17-10-25-30-12-19(35-22(17)30)15-8-24-28(2)11-15;;/h7-12H,3-6,13H2,1-2H3,(H,26,31)(H,27,32);2*1H. The van der Waals surface area contributed by atoms with Gasteiger partial charge in [-0.25, -0.2) is 12.9 Å². The van der Waals surface area contributed by atoms with Crippen molar-refractivity contribution in [3.05, 3.63) is 48.3 Å². The summed E-state index contributed by atoms with van der Waals surface area (Å²) in [6.45, 7) is 2.49. The maximum atomic E-state index is 13.1. The number of nitrogens with one attached hydrogen (secondary N) is 2. The number of fused-ring (bicyclic) bond motifs is 1. The maximum Gasteiger partial charge on any atom is 0.260 e. The number of carbonyl (C=O) groups is 2. The molecule has 1 aliphatic rings. The van der Waals surface area contributed by atoms with Gasteiger partial charge in [-0.15, -0.1) is 11.3 Å². The van der Waals surface area contributed by atoms with E-state index in [0.29, 0.717) is 40.6 Å². The SMILES string of the molecule is Cc1ncc(NC(=O)CN2CCS(=O)(=O)CC2)cc1NC(=O)c1cnn2cc(-c3cnn(C)c3)sc12.[HH].[HH]. The monoisotopic (exact) mass is 532 g/mol. The second kappa shape index (κ2) is 9.44. The molecule has 1 saturated heterocycles. The van der Waals surface area contributed by atoms with E-state index in [9.17, 15) is 18.0 Å². The number of hydrogen-bond acceptors (Lipinski definition) is 9. The van der Waals surface area contributed by atoms with E-state index in [2.05, 4.69) is 25.8 Å². The number of amides is 2. The Morgan fingerprint density at radius 2 is 1.89 bits per heavy atom. The molecule has 4 aromatic heterocycles. The number of rotatable bonds is 6. The Hall–Kier alpha value is -3.62. The molecule has 5 rings (SSSR count). The molecule has 5 heterocycles. The molecule has 0 aliphatic carbocycles. The zero-order valence-corrected chi connectivity index (χ0v) is 21.3. The summed E-state index contributed by atoms with van der Waals surface area (Å²) in [6, 6.07) is 1.65. The van der Waals surface area contributed by atoms with E-state index in [0.717, 1.165) is 10.4 Å². The third-order valence-electron chi connectivity index (χ3n) is 5.85. The van der Waals surface area contributed by atoms with Crippen LogP contribution in [0.15, 0.2) is 37.1 Å². The second-order valence-corrected chi connectivity index (χ2v) is 11.9. The van der Waals surface area contributed by atoms with Crippen molar-refractivity contribution in [1.29, 1.82) is 0 Å². The van der Waals surface area contributed by atoms with Crippen molar-refractivity contribution in [2.24, 2.45) is 7.05 Å². The van der Waals surface area contributed by atoms with E-state index in [-0.39, 0.29) is 32.7 Å². The highest BCUT2D eigenvalue weighted by molar-refractivity contribution is 7.91. The van der Waals surface area contributed by atoms with Gasteiger partial charge in [0.25, 0.3) is 5.91 Å². The molecule has 0 aromatic carbocycles. The lowest BCUT2D eigenvalue weighted by Gasteiger charge is -2.25. The van der Waals surface area contributed by atoms with E-state index in [1.54, 1.807) is 33.3 Å². The third kappa shape index (κ3) is 5.15. The molecule has 14 heteroatoms. The largest absolute Gasteiger partial charge is 0.324 e. The van der Waals surface area contributed by atoms with Crippen molar-refractivity contribution in [3.63, 3.8) is 0 Å². The highest BCUT2D eigenvalue weighted by atomic mass is 32.2. The highest BCUT2D eigenvalue weighted by Gasteiger charge is 2.23. The van der Waals surface area contributed by atoms with E-state index >= 15 is 0 Å². The Bertz CT molecular complexity index is 1570. The fourth-order valence-electron chi connectivity index (χ4n) is 3.85. The molecular formula is C22H28N8O4S2. The lowest BCUT2D eigenvalue weighted by Crippen LogP contribution is -2.43. The van der Waals surface area contributed by atoms with Crippen molar-refractivity contribution in [2.75, 3.05) is 41.8 Å². The van der Waals surface area contributed by atoms with Gasteiger partial charge in [-0.05, 0) is 13.0 Å². The molecule has 0 radical (unpaired) electrons. The van der Waals surface area contributed by atoms with Crippen LogP contribution in [0.4, 0.5) is 11.4 Å². The van der Waals surface area contributed by atoms with Crippen molar-refractivity contribution < 1.29 is 20.9 Å². The molecule has 0 spiro atoms. The number of pyridine rings is 1. The van der Waals surface area contributed by atoms with Crippen LogP contribution in [0, 0.1) is 6.92 Å². The minimum atomic E-state index is -3.01. The summed E-state index contributed by atoms with van der Waals surface area (Å²) < 4.78 is 26.5. The number of nitrogens with zero attached hydrogens (tertiary/aromatic N) is 6. The smallest absolute Gasteiger partial charge is 0.260 e. The maximum absolute atomic E-state index is 13.1. The number of thiazole rings is 1. The molecule has 2 amide bonds. The van der Waals surface area contributed by atoms with Crippen LogP contribution < -0.4 is 10.6 Å². The summed E-state index contributed by atoms with van der Waals surface area (Å²) in [6.07, 6.45) is 8.54. The third-order valence-corrected chi connectivity index (χ3v) is 8.62. The predicted octanol–water partition coefficient (Wildman–Crippen LogP) is 1.91. The molecule has 192 valence electrons. The summed E-state index contributed by atoms with van der Waals surface area (Å²) in [5, 5.41) is 14.1. The zero-order valence-electron chi connectivity index (χ0n) is 19.6. The minimum Gasteiger partial charge on any atom is -0.324 e. The molecule has 12 nitrogen and oxygen atoms in total. The van der Waals surface area contributed by atoms with E-state index in [1.165, 1.54) is 23.7 Å². The summed E-state index contributed by atoms with van der Waals surface area (Å²) in [4.78, 5) is 33.3. The minimum absolute atomic E-state index is 0. The van der Waals surface area contributed by atoms with Crippen LogP contribution in [-0.4, -0.2) is 80.7 Å². The summed E-state index contributed by atoms with van der Waals surface area (Å²) in [5.74, 6) is -0.512. The number of aromatic nitrogens is 5. The first-order valence-electron chi connectivity index (χ1n) is 11.1. The van der Waals surface area contributed by atoms with Gasteiger partial charge < -0.3 is 10.6 Å². The molecule has 2 N–H and O–H groups in total. The average Bonchev–Trinajstić information content (AvgIpc) is 3.53. The molecule has 0 bridgehead atoms. The second-order valence-electron chi connectivity index (χ2n) is 8.59. The number of carbonyl (C=O) groups excluding carboxylic acids is 2. The van der Waals surface area contributed by atoms with Crippen molar-refractivity contribution in [1.82, 2.24) is 29.3 Å². The van der Waals surface area contributed by atoms with E-state index < -0.39 is 9.84 Å². The van der Waals surface area contributed by atoms with Crippen LogP contribution >= 0.6 is 11.3 Å². The molecular weight excluding hydrogens is 504 g/mol. The Labute approximate surface area is 213 Å². The van der Waals surface area contributed by atoms with Crippen LogP contribution in [0.2, 0.25) is 0 Å². The molecule has 1 aliphatic heterocycles. The van der Waals surface area contributed by atoms with Gasteiger partial charge in [0.2, 0.25) is 5.91 Å². The van der Waals surface area contributed by atoms with Crippen molar-refractivity contribution in [3.8, 4) is 10.4 Å². The topological polar surface area (TPSA) is 144 Å². The van der Waals surface area contributed by atoms with Gasteiger partial charge >= 0.3 is 0 Å². The van der Waals surface area contributed by atoms with Gasteiger partial charge in [-0.1, -0.05) is 0 Å². The van der Waals surface area contributed by atoms with Crippen LogP contribution in [-0.2, 0) is 21.7 Å². The molecule has 0 unspecified atom stereocenters. The van der Waals surface area contributed by atoms with Gasteiger partial charge in [-0.3, -0.25) is 24.2 Å². The normalized spacial score (nSPS) is 15.7. The fraction of sp³-hybridized carbons (Fsp3) is 0.318. The number of anilines is 2. The van der Waals surface area contributed by atoms with Gasteiger partial charge in [0.1, 0.15) is 4.83 Å². The van der Waals surface area contributed by atoms with Crippen molar-refractivity contribution >= 4 is 49.2 Å². The first-order chi connectivity index (χ1) is 17.2. The van der Waals surface area contributed by atoms with Crippen LogP contribution in [0.25, 0.3) is 15.3 Å². The van der Waals surface area contributed by atoms with E-state index in [4.69, 9.17) is 0 Å². The molecule has 4 aromatic rings. The fourth-order valence-corrected chi connectivity index (χ4v) is 6.16. The molecule has 1 fully saturated rings. The summed E-state index contributed by atoms with van der Waals surface area (Å²) in [7, 11) is -1.17. The first-order valence-corrected chi connectivity index (χ1v) is 13.8. The average molecular weight is 533 g/mol. The highest BCUT2D eigenvalue weighted by Crippen LogP contribution is 2.30. The molecule has 0 atom stereocenters. The quantitative estimate of drug-likeness (QED) is 0.383. The Kier molecular flexibility index (Phi) is 6.32. The number of hydrogen-bond donors (Lipinski definition) is 2. The van der Waals surface area contributed by atoms with E-state index in [1.807, 2.05) is 19.4 Å². The number of sulfone groups is 1. The molecule has 36 heavy (non-hydrogen) atoms. The van der Waals surface area contributed by atoms with Gasteiger partial charge in [-0.2, -0.15) is 10.2 Å². The Morgan fingerprint density at radius 1 is 1.11 bits per heavy atom. The Morgan fingerprint density at radius 3 is 2.61 bits per heavy atom. The number of aryl methyl sites for hydroxylation is 2. The van der Waals surface area contributed by atoms with Gasteiger partial charge in [0.05, 0.1) is 64.2 Å². The Balaban J connectivity index is 0.00000200. The van der Waals surface area contributed by atoms with Crippen LogP contribution in [0.1, 0.15) is 18.9 Å². The van der Waals surface area contributed by atoms with Gasteiger partial charge in [0, 0.05) is 40.9 Å². The van der Waals surface area contributed by atoms with Gasteiger partial charge in [0.15, 0.2) is 9.84 Å². The zero-order chi connectivity index (χ0) is 25.4. The lowest BCUT2D eigenvalue weighted by molar-refractivity contribution is -0.117. The lowest BCUT2D eigenvalue weighted by atomic mass is 10.2. The molecule has 0 saturated carbocycles. The first kappa shape index (κ1) is 24.1. The predicted molar refractivity (Wildman–Crippen MR) is 140 cm³/mol. The summed E-state index contributed by atoms with van der Waals surface area (Å²) in [5.41, 5.74) is 2.84.